The van der Waals surface area contributed by atoms with E-state index in [0.717, 1.165) is 36.2 Å². The molecule has 1 aliphatic rings. The quantitative estimate of drug-likeness (QED) is 0.686. The van der Waals surface area contributed by atoms with Crippen molar-refractivity contribution in [3.05, 3.63) is 64.4 Å². The van der Waals surface area contributed by atoms with Crippen molar-refractivity contribution in [2.45, 2.75) is 26.1 Å². The van der Waals surface area contributed by atoms with Crippen molar-refractivity contribution in [3.8, 4) is 0 Å². The van der Waals surface area contributed by atoms with Gasteiger partial charge >= 0.3 is 0 Å². The number of benzene rings is 2. The van der Waals surface area contributed by atoms with Gasteiger partial charge < -0.3 is 4.57 Å². The summed E-state index contributed by atoms with van der Waals surface area (Å²) in [6, 6.07) is 17.1. The van der Waals surface area contributed by atoms with Gasteiger partial charge in [0.15, 0.2) is 0 Å². The molecule has 0 unspecified atom stereocenters. The van der Waals surface area contributed by atoms with Gasteiger partial charge in [-0.05, 0) is 30.2 Å². The minimum atomic E-state index is 0.918. The van der Waals surface area contributed by atoms with Crippen molar-refractivity contribution in [3.63, 3.8) is 0 Å². The maximum absolute atomic E-state index is 4.86. The zero-order chi connectivity index (χ0) is 14.9. The Bertz CT molecular complexity index is 795. The minimum absolute atomic E-state index is 0.918. The molecule has 4 heteroatoms. The third kappa shape index (κ3) is 2.69. The van der Waals surface area contributed by atoms with E-state index < -0.39 is 0 Å². The zero-order valence-electron chi connectivity index (χ0n) is 12.4. The molecule has 3 aromatic rings. The van der Waals surface area contributed by atoms with E-state index in [9.17, 15) is 0 Å². The molecule has 0 saturated carbocycles. The van der Waals surface area contributed by atoms with Crippen LogP contribution < -0.4 is 0 Å². The van der Waals surface area contributed by atoms with Gasteiger partial charge in [0.2, 0.25) is 0 Å². The molecule has 22 heavy (non-hydrogen) atoms. The number of hydrogen-bond acceptors (Lipinski definition) is 2. The van der Waals surface area contributed by atoms with Crippen LogP contribution in [0.3, 0.4) is 0 Å². The molecule has 1 aliphatic heterocycles. The van der Waals surface area contributed by atoms with Crippen LogP contribution in [0.25, 0.3) is 11.0 Å². The molecule has 2 heterocycles. The lowest BCUT2D eigenvalue weighted by Crippen LogP contribution is -2.23. The molecular formula is C18H18BrN3. The minimum Gasteiger partial charge on any atom is -0.327 e. The molecule has 1 aromatic heterocycles. The summed E-state index contributed by atoms with van der Waals surface area (Å²) in [5.41, 5.74) is 3.71. The third-order valence-corrected chi connectivity index (χ3v) is 4.75. The smallest absolute Gasteiger partial charge is 0.124 e. The molecule has 0 atom stereocenters. The first-order valence-corrected chi connectivity index (χ1v) is 8.50. The Hall–Kier alpha value is -1.65. The summed E-state index contributed by atoms with van der Waals surface area (Å²) < 4.78 is 3.47. The molecule has 4 rings (SSSR count). The number of hydrogen-bond donors (Lipinski definition) is 0. The lowest BCUT2D eigenvalue weighted by Gasteiger charge is -2.19. The fraction of sp³-hybridized carbons (Fsp3) is 0.278. The molecule has 2 aromatic carbocycles. The van der Waals surface area contributed by atoms with Gasteiger partial charge in [-0.2, -0.15) is 0 Å². The van der Waals surface area contributed by atoms with Gasteiger partial charge in [-0.3, -0.25) is 4.90 Å². The average Bonchev–Trinajstić information content (AvgIpc) is 2.72. The molecule has 0 radical (unpaired) electrons. The first-order valence-electron chi connectivity index (χ1n) is 7.70. The summed E-state index contributed by atoms with van der Waals surface area (Å²) in [4.78, 5) is 7.35. The van der Waals surface area contributed by atoms with E-state index in [0.29, 0.717) is 0 Å². The predicted molar refractivity (Wildman–Crippen MR) is 92.6 cm³/mol. The van der Waals surface area contributed by atoms with Gasteiger partial charge in [-0.15, -0.1) is 0 Å². The number of rotatable bonds is 2. The number of imidazole rings is 1. The van der Waals surface area contributed by atoms with Crippen LogP contribution in [0.1, 0.15) is 17.8 Å². The van der Waals surface area contributed by atoms with E-state index in [4.69, 9.17) is 4.98 Å². The first kappa shape index (κ1) is 14.0. The highest BCUT2D eigenvalue weighted by atomic mass is 79.9. The molecule has 0 N–H and O–H groups in total. The van der Waals surface area contributed by atoms with E-state index in [1.807, 2.05) is 0 Å². The fourth-order valence-electron chi connectivity index (χ4n) is 3.23. The highest BCUT2D eigenvalue weighted by Gasteiger charge is 2.18. The SMILES string of the molecule is Brc1ccc2c(c1)nc1n2CCCN(Cc2ccccc2)C1. The van der Waals surface area contributed by atoms with Crippen LogP contribution in [0.5, 0.6) is 0 Å². The van der Waals surface area contributed by atoms with Crippen LogP contribution in [-0.4, -0.2) is 21.0 Å². The average molecular weight is 356 g/mol. The van der Waals surface area contributed by atoms with E-state index in [1.54, 1.807) is 0 Å². The summed E-state index contributed by atoms with van der Waals surface area (Å²) in [7, 11) is 0. The number of fused-ring (bicyclic) bond motifs is 3. The van der Waals surface area contributed by atoms with Crippen LogP contribution in [-0.2, 0) is 19.6 Å². The normalized spacial score (nSPS) is 15.7. The zero-order valence-corrected chi connectivity index (χ0v) is 14.0. The Labute approximate surface area is 138 Å². The van der Waals surface area contributed by atoms with Crippen molar-refractivity contribution in [2.75, 3.05) is 6.54 Å². The van der Waals surface area contributed by atoms with E-state index in [-0.39, 0.29) is 0 Å². The van der Waals surface area contributed by atoms with Gasteiger partial charge in [0.05, 0.1) is 17.6 Å². The summed E-state index contributed by atoms with van der Waals surface area (Å²) >= 11 is 3.54. The van der Waals surface area contributed by atoms with Gasteiger partial charge in [0.1, 0.15) is 5.82 Å². The van der Waals surface area contributed by atoms with Gasteiger partial charge in [-0.1, -0.05) is 46.3 Å². The number of nitrogens with zero attached hydrogens (tertiary/aromatic N) is 3. The second kappa shape index (κ2) is 5.86. The van der Waals surface area contributed by atoms with Crippen molar-refractivity contribution in [1.29, 1.82) is 0 Å². The van der Waals surface area contributed by atoms with Crippen molar-refractivity contribution in [1.82, 2.24) is 14.5 Å². The number of halogens is 1. The Morgan fingerprint density at radius 2 is 1.91 bits per heavy atom. The van der Waals surface area contributed by atoms with Gasteiger partial charge in [0, 0.05) is 24.1 Å². The van der Waals surface area contributed by atoms with Crippen LogP contribution in [0, 0.1) is 0 Å². The molecule has 3 nitrogen and oxygen atoms in total. The Kier molecular flexibility index (Phi) is 3.72. The highest BCUT2D eigenvalue weighted by molar-refractivity contribution is 9.10. The molecule has 0 amide bonds. The Morgan fingerprint density at radius 1 is 1.05 bits per heavy atom. The van der Waals surface area contributed by atoms with E-state index in [2.05, 4.69) is 73.9 Å². The largest absolute Gasteiger partial charge is 0.327 e. The maximum Gasteiger partial charge on any atom is 0.124 e. The van der Waals surface area contributed by atoms with E-state index in [1.165, 1.54) is 23.3 Å². The number of aromatic nitrogens is 2. The topological polar surface area (TPSA) is 21.1 Å². The van der Waals surface area contributed by atoms with Crippen LogP contribution in [0.4, 0.5) is 0 Å². The van der Waals surface area contributed by atoms with Crippen molar-refractivity contribution in [2.24, 2.45) is 0 Å². The lowest BCUT2D eigenvalue weighted by molar-refractivity contribution is 0.258. The van der Waals surface area contributed by atoms with Crippen molar-refractivity contribution < 1.29 is 0 Å². The third-order valence-electron chi connectivity index (χ3n) is 4.26. The second-order valence-corrected chi connectivity index (χ2v) is 6.78. The summed E-state index contributed by atoms with van der Waals surface area (Å²) in [5, 5.41) is 0. The van der Waals surface area contributed by atoms with E-state index >= 15 is 0 Å². The molecule has 0 fully saturated rings. The number of aryl methyl sites for hydroxylation is 1. The Morgan fingerprint density at radius 3 is 2.77 bits per heavy atom. The van der Waals surface area contributed by atoms with Crippen LogP contribution in [0.2, 0.25) is 0 Å². The molecule has 0 spiro atoms. The highest BCUT2D eigenvalue weighted by Crippen LogP contribution is 2.24. The standard InChI is InChI=1S/C18H18BrN3/c19-15-7-8-17-16(11-15)20-18-13-21(9-4-10-22(17)18)12-14-5-2-1-3-6-14/h1-3,5-8,11H,4,9-10,12-13H2. The van der Waals surface area contributed by atoms with Gasteiger partial charge in [0.25, 0.3) is 0 Å². The van der Waals surface area contributed by atoms with Gasteiger partial charge in [-0.25, -0.2) is 4.98 Å². The monoisotopic (exact) mass is 355 g/mol. The fourth-order valence-corrected chi connectivity index (χ4v) is 3.58. The summed E-state index contributed by atoms with van der Waals surface area (Å²) in [6.07, 6.45) is 1.17. The maximum atomic E-state index is 4.86. The van der Waals surface area contributed by atoms with Crippen LogP contribution in [0.15, 0.2) is 53.0 Å². The van der Waals surface area contributed by atoms with Crippen molar-refractivity contribution >= 4 is 27.0 Å². The molecular weight excluding hydrogens is 338 g/mol. The molecule has 0 aliphatic carbocycles. The second-order valence-electron chi connectivity index (χ2n) is 5.86. The lowest BCUT2D eigenvalue weighted by atomic mass is 10.2. The summed E-state index contributed by atoms with van der Waals surface area (Å²) in [5.74, 6) is 1.18. The predicted octanol–water partition coefficient (Wildman–Crippen LogP) is 4.20. The molecule has 0 saturated heterocycles. The first-order chi connectivity index (χ1) is 10.8. The molecule has 0 bridgehead atoms. The Balaban J connectivity index is 1.64. The summed E-state index contributed by atoms with van der Waals surface area (Å²) in [6.45, 7) is 4.09. The molecule has 112 valence electrons. The van der Waals surface area contributed by atoms with Crippen LogP contribution >= 0.6 is 15.9 Å².